The summed E-state index contributed by atoms with van der Waals surface area (Å²) in [5, 5.41) is 2.80. The Kier molecular flexibility index (Phi) is 9.41. The SMILES string of the molecule is COc1ccc(C(=O)CCC(=O)N2CCC(c3nc(C(=O)N4CCN(Cc5ccc(F)cc5)CC4)cs3)CC2)cc1. The number of hydrogen-bond donors (Lipinski definition) is 0. The van der Waals surface area contributed by atoms with E-state index in [4.69, 9.17) is 9.72 Å². The van der Waals surface area contributed by atoms with Crippen molar-refractivity contribution in [2.24, 2.45) is 0 Å². The van der Waals surface area contributed by atoms with Gasteiger partial charge >= 0.3 is 0 Å². The lowest BCUT2D eigenvalue weighted by molar-refractivity contribution is -0.132. The minimum absolute atomic E-state index is 0.00103. The van der Waals surface area contributed by atoms with Crippen LogP contribution in [0.3, 0.4) is 0 Å². The van der Waals surface area contributed by atoms with Gasteiger partial charge in [0, 0.05) is 75.5 Å². The average molecular weight is 579 g/mol. The van der Waals surface area contributed by atoms with Crippen molar-refractivity contribution in [2.45, 2.75) is 38.1 Å². The van der Waals surface area contributed by atoms with E-state index >= 15 is 0 Å². The summed E-state index contributed by atoms with van der Waals surface area (Å²) < 4.78 is 18.3. The largest absolute Gasteiger partial charge is 0.497 e. The Bertz CT molecular complexity index is 1350. The Labute approximate surface area is 243 Å². The molecule has 3 aromatic rings. The number of piperidine rings is 1. The molecule has 3 heterocycles. The van der Waals surface area contributed by atoms with Gasteiger partial charge in [-0.05, 0) is 54.8 Å². The molecule has 0 bridgehead atoms. The number of halogens is 1. The average Bonchev–Trinajstić information content (AvgIpc) is 3.51. The maximum Gasteiger partial charge on any atom is 0.273 e. The smallest absolute Gasteiger partial charge is 0.273 e. The Balaban J connectivity index is 1.05. The van der Waals surface area contributed by atoms with Gasteiger partial charge in [0.05, 0.1) is 12.1 Å². The molecule has 0 unspecified atom stereocenters. The van der Waals surface area contributed by atoms with Gasteiger partial charge in [-0.1, -0.05) is 12.1 Å². The van der Waals surface area contributed by atoms with Crippen molar-refractivity contribution in [1.29, 1.82) is 0 Å². The lowest BCUT2D eigenvalue weighted by atomic mass is 9.97. The second kappa shape index (κ2) is 13.4. The van der Waals surface area contributed by atoms with Crippen LogP contribution in [-0.2, 0) is 11.3 Å². The van der Waals surface area contributed by atoms with Crippen molar-refractivity contribution < 1.29 is 23.5 Å². The van der Waals surface area contributed by atoms with Crippen molar-refractivity contribution in [3.8, 4) is 5.75 Å². The van der Waals surface area contributed by atoms with Crippen LogP contribution in [0.2, 0.25) is 0 Å². The number of aromatic nitrogens is 1. The molecular formula is C31H35FN4O4S. The molecule has 0 N–H and O–H groups in total. The predicted molar refractivity (Wildman–Crippen MR) is 155 cm³/mol. The summed E-state index contributed by atoms with van der Waals surface area (Å²) in [7, 11) is 1.58. The Hall–Kier alpha value is -3.63. The predicted octanol–water partition coefficient (Wildman–Crippen LogP) is 4.62. The van der Waals surface area contributed by atoms with Crippen LogP contribution in [0, 0.1) is 5.82 Å². The third kappa shape index (κ3) is 7.37. The first-order valence-corrected chi connectivity index (χ1v) is 14.9. The number of nitrogens with zero attached hydrogens (tertiary/aromatic N) is 4. The standard InChI is InChI=1S/C31H35FN4O4S/c1-40-26-8-4-23(5-9-26)28(37)10-11-29(38)35-14-12-24(13-15-35)30-33-27(21-41-30)31(39)36-18-16-34(17-19-36)20-22-2-6-25(32)7-3-22/h2-9,21,24H,10-20H2,1H3. The number of thiazole rings is 1. The summed E-state index contributed by atoms with van der Waals surface area (Å²) >= 11 is 1.52. The van der Waals surface area contributed by atoms with Gasteiger partial charge in [0.15, 0.2) is 5.78 Å². The summed E-state index contributed by atoms with van der Waals surface area (Å²) in [6, 6.07) is 13.5. The lowest BCUT2D eigenvalue weighted by Crippen LogP contribution is -2.48. The van der Waals surface area contributed by atoms with Crippen LogP contribution in [0.1, 0.15) is 63.0 Å². The molecule has 2 amide bonds. The molecule has 0 saturated carbocycles. The first-order chi connectivity index (χ1) is 19.9. The molecule has 10 heteroatoms. The molecule has 216 valence electrons. The molecule has 1 aromatic heterocycles. The van der Waals surface area contributed by atoms with Gasteiger partial charge < -0.3 is 14.5 Å². The van der Waals surface area contributed by atoms with Gasteiger partial charge in [-0.3, -0.25) is 19.3 Å². The van der Waals surface area contributed by atoms with E-state index in [1.807, 2.05) is 15.2 Å². The van der Waals surface area contributed by atoms with Gasteiger partial charge in [0.2, 0.25) is 5.91 Å². The third-order valence-electron chi connectivity index (χ3n) is 7.89. The van der Waals surface area contributed by atoms with Crippen LogP contribution in [0.25, 0.3) is 0 Å². The highest BCUT2D eigenvalue weighted by Gasteiger charge is 2.28. The van der Waals surface area contributed by atoms with Gasteiger partial charge in [0.25, 0.3) is 5.91 Å². The van der Waals surface area contributed by atoms with Crippen LogP contribution < -0.4 is 4.74 Å². The van der Waals surface area contributed by atoms with Crippen LogP contribution >= 0.6 is 11.3 Å². The maximum absolute atomic E-state index is 13.2. The number of amides is 2. The highest BCUT2D eigenvalue weighted by atomic mass is 32.1. The molecule has 0 aliphatic carbocycles. The number of piperazine rings is 1. The molecule has 2 aliphatic rings. The van der Waals surface area contributed by atoms with E-state index in [1.165, 1.54) is 23.5 Å². The van der Waals surface area contributed by atoms with Crippen LogP contribution in [0.15, 0.2) is 53.9 Å². The summed E-state index contributed by atoms with van der Waals surface area (Å²) in [5.41, 5.74) is 2.14. The fourth-order valence-corrected chi connectivity index (χ4v) is 6.33. The first kappa shape index (κ1) is 28.9. The number of ether oxygens (including phenoxy) is 1. The second-order valence-electron chi connectivity index (χ2n) is 10.6. The van der Waals surface area contributed by atoms with Crippen molar-refractivity contribution >= 4 is 28.9 Å². The van der Waals surface area contributed by atoms with E-state index < -0.39 is 0 Å². The van der Waals surface area contributed by atoms with E-state index in [-0.39, 0.29) is 42.2 Å². The zero-order valence-corrected chi connectivity index (χ0v) is 24.1. The van der Waals surface area contributed by atoms with Crippen LogP contribution in [-0.4, -0.2) is 83.7 Å². The van der Waals surface area contributed by atoms with Crippen molar-refractivity contribution in [3.63, 3.8) is 0 Å². The summed E-state index contributed by atoms with van der Waals surface area (Å²) in [6.07, 6.45) is 1.97. The van der Waals surface area contributed by atoms with E-state index in [2.05, 4.69) is 4.90 Å². The zero-order valence-electron chi connectivity index (χ0n) is 23.3. The van der Waals surface area contributed by atoms with Crippen molar-refractivity contribution in [1.82, 2.24) is 19.7 Å². The fourth-order valence-electron chi connectivity index (χ4n) is 5.37. The molecule has 41 heavy (non-hydrogen) atoms. The topological polar surface area (TPSA) is 83.0 Å². The number of carbonyl (C=O) groups is 3. The van der Waals surface area contributed by atoms with Crippen LogP contribution in [0.5, 0.6) is 5.75 Å². The first-order valence-electron chi connectivity index (χ1n) is 14.1. The van der Waals surface area contributed by atoms with Crippen molar-refractivity contribution in [2.75, 3.05) is 46.4 Å². The molecule has 8 nitrogen and oxygen atoms in total. The number of hydrogen-bond acceptors (Lipinski definition) is 7. The van der Waals surface area contributed by atoms with E-state index in [1.54, 1.807) is 43.5 Å². The molecular weight excluding hydrogens is 543 g/mol. The number of ketones is 1. The second-order valence-corrected chi connectivity index (χ2v) is 11.5. The minimum atomic E-state index is -0.236. The number of carbonyl (C=O) groups excluding carboxylic acids is 3. The highest BCUT2D eigenvalue weighted by Crippen LogP contribution is 2.31. The molecule has 0 atom stereocenters. The van der Waals surface area contributed by atoms with Crippen molar-refractivity contribution in [3.05, 3.63) is 81.6 Å². The van der Waals surface area contributed by atoms with Gasteiger partial charge in [-0.25, -0.2) is 9.37 Å². The molecule has 2 saturated heterocycles. The number of rotatable bonds is 9. The fraction of sp³-hybridized carbons (Fsp3) is 0.419. The number of Topliss-reactive ketones (excluding diaryl/α,β-unsaturated/α-hetero) is 1. The van der Waals surface area contributed by atoms with E-state index in [9.17, 15) is 18.8 Å². The van der Waals surface area contributed by atoms with E-state index in [0.29, 0.717) is 43.2 Å². The number of methoxy groups -OCH3 is 1. The van der Waals surface area contributed by atoms with Crippen LogP contribution in [0.4, 0.5) is 4.39 Å². The molecule has 2 aliphatic heterocycles. The Morgan fingerprint density at radius 3 is 2.24 bits per heavy atom. The monoisotopic (exact) mass is 578 g/mol. The minimum Gasteiger partial charge on any atom is -0.497 e. The normalized spacial score (nSPS) is 16.5. The van der Waals surface area contributed by atoms with Gasteiger partial charge in [-0.2, -0.15) is 0 Å². The van der Waals surface area contributed by atoms with Gasteiger partial charge in [0.1, 0.15) is 17.3 Å². The summed E-state index contributed by atoms with van der Waals surface area (Å²) in [4.78, 5) is 49.0. The zero-order chi connectivity index (χ0) is 28.8. The molecule has 0 spiro atoms. The molecule has 0 radical (unpaired) electrons. The maximum atomic E-state index is 13.2. The number of likely N-dealkylation sites (tertiary alicyclic amines) is 1. The molecule has 2 fully saturated rings. The quantitative estimate of drug-likeness (QED) is 0.345. The summed E-state index contributed by atoms with van der Waals surface area (Å²) in [6.45, 7) is 4.78. The van der Waals surface area contributed by atoms with Gasteiger partial charge in [-0.15, -0.1) is 11.3 Å². The molecule has 5 rings (SSSR count). The number of benzene rings is 2. The lowest BCUT2D eigenvalue weighted by Gasteiger charge is -2.34. The Morgan fingerprint density at radius 1 is 0.902 bits per heavy atom. The third-order valence-corrected chi connectivity index (χ3v) is 8.90. The summed E-state index contributed by atoms with van der Waals surface area (Å²) in [5.74, 6) is 0.585. The highest BCUT2D eigenvalue weighted by molar-refractivity contribution is 7.09. The molecule has 2 aromatic carbocycles. The van der Waals surface area contributed by atoms with E-state index in [0.717, 1.165) is 43.0 Å². The Morgan fingerprint density at radius 2 is 1.59 bits per heavy atom.